The maximum absolute atomic E-state index is 12.5. The quantitative estimate of drug-likeness (QED) is 0.853. The van der Waals surface area contributed by atoms with E-state index in [9.17, 15) is 8.78 Å². The maximum atomic E-state index is 12.5. The van der Waals surface area contributed by atoms with Crippen molar-refractivity contribution in [1.82, 2.24) is 4.98 Å². The molecule has 0 fully saturated rings. The highest BCUT2D eigenvalue weighted by atomic mass is 79.9. The van der Waals surface area contributed by atoms with E-state index in [4.69, 9.17) is 5.11 Å². The Balaban J connectivity index is 3.27. The van der Waals surface area contributed by atoms with Gasteiger partial charge in [0.25, 0.3) is 6.43 Å². The van der Waals surface area contributed by atoms with Gasteiger partial charge in [0.15, 0.2) is 0 Å². The van der Waals surface area contributed by atoms with E-state index in [1.807, 2.05) is 0 Å². The van der Waals surface area contributed by atoms with Gasteiger partial charge in [0, 0.05) is 5.33 Å². The zero-order valence-electron chi connectivity index (χ0n) is 7.60. The number of aliphatic hydroxyl groups excluding tert-OH is 1. The van der Waals surface area contributed by atoms with Gasteiger partial charge in [-0.05, 0) is 24.1 Å². The lowest BCUT2D eigenvalue weighted by Crippen LogP contribution is -2.03. The molecule has 2 nitrogen and oxygen atoms in total. The van der Waals surface area contributed by atoms with Crippen LogP contribution in [0.15, 0.2) is 6.07 Å². The van der Waals surface area contributed by atoms with Crippen molar-refractivity contribution in [2.24, 2.45) is 0 Å². The zero-order valence-corrected chi connectivity index (χ0v) is 9.18. The molecule has 0 saturated heterocycles. The zero-order chi connectivity index (χ0) is 10.7. The van der Waals surface area contributed by atoms with Crippen LogP contribution in [0.3, 0.4) is 0 Å². The first-order valence-electron chi connectivity index (χ1n) is 4.04. The lowest BCUT2D eigenvalue weighted by molar-refractivity contribution is 0.144. The summed E-state index contributed by atoms with van der Waals surface area (Å²) >= 11 is 3.20. The Bertz CT molecular complexity index is 331. The molecule has 78 valence electrons. The van der Waals surface area contributed by atoms with Gasteiger partial charge in [-0.1, -0.05) is 15.9 Å². The molecule has 0 unspecified atom stereocenters. The van der Waals surface area contributed by atoms with Gasteiger partial charge in [0.1, 0.15) is 5.69 Å². The van der Waals surface area contributed by atoms with Crippen LogP contribution >= 0.6 is 15.9 Å². The summed E-state index contributed by atoms with van der Waals surface area (Å²) in [6.07, 6.45) is -2.60. The second kappa shape index (κ2) is 4.79. The molecule has 0 amide bonds. The Hall–Kier alpha value is -0.550. The van der Waals surface area contributed by atoms with Crippen molar-refractivity contribution in [3.05, 3.63) is 28.6 Å². The van der Waals surface area contributed by atoms with Crippen LogP contribution in [-0.2, 0) is 11.9 Å². The van der Waals surface area contributed by atoms with Gasteiger partial charge in [-0.15, -0.1) is 0 Å². The molecule has 1 heterocycles. The first kappa shape index (κ1) is 11.5. The van der Waals surface area contributed by atoms with E-state index >= 15 is 0 Å². The van der Waals surface area contributed by atoms with Crippen LogP contribution in [0.2, 0.25) is 0 Å². The molecule has 0 aromatic carbocycles. The number of hydrogen-bond acceptors (Lipinski definition) is 2. The van der Waals surface area contributed by atoms with E-state index in [1.165, 1.54) is 0 Å². The van der Waals surface area contributed by atoms with Crippen LogP contribution in [0.4, 0.5) is 8.78 Å². The molecule has 1 rings (SSSR count). The van der Waals surface area contributed by atoms with E-state index in [2.05, 4.69) is 20.9 Å². The molecule has 5 heteroatoms. The lowest BCUT2D eigenvalue weighted by Gasteiger charge is -2.10. The molecular weight excluding hydrogens is 256 g/mol. The fourth-order valence-electron chi connectivity index (χ4n) is 1.18. The Labute approximate surface area is 89.1 Å². The summed E-state index contributed by atoms with van der Waals surface area (Å²) in [5.41, 5.74) is 1.25. The average molecular weight is 266 g/mol. The van der Waals surface area contributed by atoms with Crippen LogP contribution in [0, 0.1) is 6.92 Å². The van der Waals surface area contributed by atoms with Crippen LogP contribution in [0.5, 0.6) is 0 Å². The van der Waals surface area contributed by atoms with Gasteiger partial charge in [0.2, 0.25) is 0 Å². The molecular formula is C9H10BrF2NO. The molecule has 0 radical (unpaired) electrons. The van der Waals surface area contributed by atoms with Crippen molar-refractivity contribution < 1.29 is 13.9 Å². The summed E-state index contributed by atoms with van der Waals surface area (Å²) in [7, 11) is 0. The summed E-state index contributed by atoms with van der Waals surface area (Å²) in [5, 5.41) is 9.31. The summed E-state index contributed by atoms with van der Waals surface area (Å²) < 4.78 is 25.0. The number of hydrogen-bond donors (Lipinski definition) is 1. The van der Waals surface area contributed by atoms with Crippen molar-refractivity contribution in [2.45, 2.75) is 25.3 Å². The first-order valence-corrected chi connectivity index (χ1v) is 5.16. The van der Waals surface area contributed by atoms with Gasteiger partial charge in [-0.25, -0.2) is 13.8 Å². The topological polar surface area (TPSA) is 33.1 Å². The normalized spacial score (nSPS) is 11.0. The van der Waals surface area contributed by atoms with Crippen LogP contribution in [-0.4, -0.2) is 10.1 Å². The number of alkyl halides is 3. The number of aliphatic hydroxyl groups is 1. The minimum absolute atomic E-state index is 0.244. The summed E-state index contributed by atoms with van der Waals surface area (Å²) in [6, 6.07) is 1.62. The molecule has 0 bridgehead atoms. The predicted octanol–water partition coefficient (Wildman–Crippen LogP) is 2.71. The molecule has 0 aliphatic carbocycles. The smallest absolute Gasteiger partial charge is 0.280 e. The molecule has 0 aliphatic rings. The minimum atomic E-state index is -2.60. The SMILES string of the molecule is Cc1c(CBr)cc(CO)nc1C(F)F. The Morgan fingerprint density at radius 2 is 2.21 bits per heavy atom. The van der Waals surface area contributed by atoms with Crippen LogP contribution in [0.25, 0.3) is 0 Å². The highest BCUT2D eigenvalue weighted by Crippen LogP contribution is 2.25. The predicted molar refractivity (Wildman–Crippen MR) is 52.5 cm³/mol. The number of aromatic nitrogens is 1. The molecule has 0 atom stereocenters. The average Bonchev–Trinajstić information content (AvgIpc) is 2.17. The Morgan fingerprint density at radius 3 is 2.64 bits per heavy atom. The molecule has 1 N–H and O–H groups in total. The van der Waals surface area contributed by atoms with Crippen molar-refractivity contribution in [3.63, 3.8) is 0 Å². The van der Waals surface area contributed by atoms with E-state index in [-0.39, 0.29) is 18.0 Å². The third-order valence-corrected chi connectivity index (χ3v) is 2.59. The monoisotopic (exact) mass is 265 g/mol. The summed E-state index contributed by atoms with van der Waals surface area (Å²) in [6.45, 7) is 1.28. The second-order valence-corrected chi connectivity index (χ2v) is 3.44. The van der Waals surface area contributed by atoms with E-state index in [1.54, 1.807) is 13.0 Å². The van der Waals surface area contributed by atoms with Gasteiger partial charge in [-0.3, -0.25) is 0 Å². The van der Waals surface area contributed by atoms with Crippen molar-refractivity contribution in [1.29, 1.82) is 0 Å². The summed E-state index contributed by atoms with van der Waals surface area (Å²) in [5.74, 6) is 0. The standard InChI is InChI=1S/C9H10BrF2NO/c1-5-6(3-10)2-7(4-14)13-8(5)9(11)12/h2,9,14H,3-4H2,1H3. The van der Waals surface area contributed by atoms with Crippen molar-refractivity contribution in [2.75, 3.05) is 0 Å². The van der Waals surface area contributed by atoms with E-state index < -0.39 is 6.43 Å². The minimum Gasteiger partial charge on any atom is -0.390 e. The van der Waals surface area contributed by atoms with Gasteiger partial charge in [-0.2, -0.15) is 0 Å². The van der Waals surface area contributed by atoms with E-state index in [0.717, 1.165) is 5.56 Å². The van der Waals surface area contributed by atoms with E-state index in [0.29, 0.717) is 10.9 Å². The highest BCUT2D eigenvalue weighted by Gasteiger charge is 2.16. The second-order valence-electron chi connectivity index (χ2n) is 2.88. The number of pyridine rings is 1. The third-order valence-electron chi connectivity index (χ3n) is 1.98. The summed E-state index contributed by atoms with van der Waals surface area (Å²) in [4.78, 5) is 3.68. The van der Waals surface area contributed by atoms with Gasteiger partial charge < -0.3 is 5.11 Å². The Morgan fingerprint density at radius 1 is 1.57 bits per heavy atom. The molecule has 0 aliphatic heterocycles. The number of nitrogens with zero attached hydrogens (tertiary/aromatic N) is 1. The number of rotatable bonds is 3. The highest BCUT2D eigenvalue weighted by molar-refractivity contribution is 9.08. The molecule has 14 heavy (non-hydrogen) atoms. The molecule has 0 saturated carbocycles. The molecule has 1 aromatic heterocycles. The fourth-order valence-corrected chi connectivity index (χ4v) is 1.76. The van der Waals surface area contributed by atoms with Crippen LogP contribution < -0.4 is 0 Å². The lowest BCUT2D eigenvalue weighted by atomic mass is 10.1. The fraction of sp³-hybridized carbons (Fsp3) is 0.444. The van der Waals surface area contributed by atoms with Crippen molar-refractivity contribution in [3.8, 4) is 0 Å². The largest absolute Gasteiger partial charge is 0.390 e. The van der Waals surface area contributed by atoms with Gasteiger partial charge in [0.05, 0.1) is 12.3 Å². The maximum Gasteiger partial charge on any atom is 0.280 e. The van der Waals surface area contributed by atoms with Crippen molar-refractivity contribution >= 4 is 15.9 Å². The molecule has 1 aromatic rings. The number of halogens is 3. The van der Waals surface area contributed by atoms with Crippen LogP contribution in [0.1, 0.15) is 28.9 Å². The first-order chi connectivity index (χ1) is 6.60. The van der Waals surface area contributed by atoms with Gasteiger partial charge >= 0.3 is 0 Å². The third kappa shape index (κ3) is 2.27. The molecule has 0 spiro atoms. The Kier molecular flexibility index (Phi) is 3.95.